The summed E-state index contributed by atoms with van der Waals surface area (Å²) in [4.78, 5) is 0.261. The minimum absolute atomic E-state index is 0.154. The molecule has 1 aliphatic heterocycles. The first-order valence-corrected chi connectivity index (χ1v) is 8.41. The van der Waals surface area contributed by atoms with Gasteiger partial charge in [0, 0.05) is 38.1 Å². The predicted molar refractivity (Wildman–Crippen MR) is 74.8 cm³/mol. The first kappa shape index (κ1) is 15.5. The van der Waals surface area contributed by atoms with Crippen molar-refractivity contribution in [3.63, 3.8) is 0 Å². The highest BCUT2D eigenvalue weighted by molar-refractivity contribution is 7.89. The summed E-state index contributed by atoms with van der Waals surface area (Å²) in [7, 11) is -3.49. The third-order valence-corrected chi connectivity index (χ3v) is 5.27. The fourth-order valence-corrected chi connectivity index (χ4v) is 3.89. The van der Waals surface area contributed by atoms with Gasteiger partial charge in [0.05, 0.1) is 13.2 Å². The molecule has 0 aromatic carbocycles. The molecule has 6 nitrogen and oxygen atoms in total. The molecule has 1 aromatic heterocycles. The van der Waals surface area contributed by atoms with Crippen LogP contribution in [0.15, 0.2) is 17.2 Å². The lowest BCUT2D eigenvalue weighted by molar-refractivity contribution is 0.148. The minimum atomic E-state index is -3.49. The van der Waals surface area contributed by atoms with Crippen molar-refractivity contribution < 1.29 is 18.3 Å². The maximum Gasteiger partial charge on any atom is 0.244 e. The van der Waals surface area contributed by atoms with Gasteiger partial charge in [0.2, 0.25) is 10.0 Å². The van der Waals surface area contributed by atoms with Crippen LogP contribution in [-0.2, 0) is 27.9 Å². The maximum atomic E-state index is 12.6. The van der Waals surface area contributed by atoms with Gasteiger partial charge < -0.3 is 14.4 Å². The molecule has 1 saturated heterocycles. The highest BCUT2D eigenvalue weighted by Gasteiger charge is 2.27. The van der Waals surface area contributed by atoms with Crippen LogP contribution in [0.5, 0.6) is 0 Å². The van der Waals surface area contributed by atoms with Crippen LogP contribution >= 0.6 is 0 Å². The molecule has 0 amide bonds. The van der Waals surface area contributed by atoms with Crippen LogP contribution in [0.4, 0.5) is 0 Å². The predicted octanol–water partition coefficient (Wildman–Crippen LogP) is 0.801. The quantitative estimate of drug-likeness (QED) is 0.873. The molecule has 0 aliphatic carbocycles. The molecule has 1 aliphatic rings. The summed E-state index contributed by atoms with van der Waals surface area (Å²) in [6.45, 7) is 4.46. The zero-order chi connectivity index (χ0) is 14.6. The fraction of sp³-hybridized carbons (Fsp3) is 0.692. The molecule has 7 heteroatoms. The van der Waals surface area contributed by atoms with Gasteiger partial charge in [-0.3, -0.25) is 0 Å². The molecule has 0 spiro atoms. The highest BCUT2D eigenvalue weighted by atomic mass is 32.2. The molecule has 1 aromatic rings. The van der Waals surface area contributed by atoms with Gasteiger partial charge in [0.15, 0.2) is 0 Å². The Bertz CT molecular complexity index is 531. The number of hydrogen-bond donors (Lipinski definition) is 1. The van der Waals surface area contributed by atoms with Crippen molar-refractivity contribution in [2.45, 2.75) is 37.8 Å². The third kappa shape index (κ3) is 3.22. The van der Waals surface area contributed by atoms with Gasteiger partial charge >= 0.3 is 0 Å². The minimum Gasteiger partial charge on any atom is -0.390 e. The average molecular weight is 302 g/mol. The number of hydrogen-bond acceptors (Lipinski definition) is 4. The Labute approximate surface area is 120 Å². The number of aliphatic hydroxyl groups is 1. The second-order valence-corrected chi connectivity index (χ2v) is 6.83. The number of aromatic nitrogens is 1. The van der Waals surface area contributed by atoms with Crippen molar-refractivity contribution in [1.29, 1.82) is 0 Å². The summed E-state index contributed by atoms with van der Waals surface area (Å²) in [5.41, 5.74) is 0.636. The molecule has 114 valence electrons. The second-order valence-electron chi connectivity index (χ2n) is 4.89. The Kier molecular flexibility index (Phi) is 5.20. The van der Waals surface area contributed by atoms with Crippen molar-refractivity contribution in [2.75, 3.05) is 26.3 Å². The molecular weight excluding hydrogens is 280 g/mol. The van der Waals surface area contributed by atoms with Crippen LogP contribution < -0.4 is 0 Å². The number of nitrogens with zero attached hydrogens (tertiary/aromatic N) is 2. The maximum absolute atomic E-state index is 12.6. The van der Waals surface area contributed by atoms with E-state index in [0.29, 0.717) is 45.0 Å². The lowest BCUT2D eigenvalue weighted by atomic mass is 10.4. The van der Waals surface area contributed by atoms with E-state index >= 15 is 0 Å². The zero-order valence-corrected chi connectivity index (χ0v) is 12.6. The van der Waals surface area contributed by atoms with Crippen LogP contribution in [-0.4, -0.2) is 48.7 Å². The molecule has 1 fully saturated rings. The van der Waals surface area contributed by atoms with E-state index in [4.69, 9.17) is 4.74 Å². The van der Waals surface area contributed by atoms with E-state index in [-0.39, 0.29) is 11.5 Å². The van der Waals surface area contributed by atoms with E-state index in [0.717, 1.165) is 6.42 Å². The van der Waals surface area contributed by atoms with Gasteiger partial charge in [0.1, 0.15) is 4.90 Å². The summed E-state index contributed by atoms with van der Waals surface area (Å²) >= 11 is 0. The Morgan fingerprint density at radius 3 is 2.85 bits per heavy atom. The Hall–Kier alpha value is -0.890. The van der Waals surface area contributed by atoms with E-state index in [1.54, 1.807) is 16.8 Å². The number of rotatable bonds is 5. The lowest BCUT2D eigenvalue weighted by Crippen LogP contribution is -2.33. The first-order valence-electron chi connectivity index (χ1n) is 6.97. The summed E-state index contributed by atoms with van der Waals surface area (Å²) in [6, 6.07) is 1.57. The molecule has 0 saturated carbocycles. The van der Waals surface area contributed by atoms with E-state index in [1.165, 1.54) is 4.31 Å². The van der Waals surface area contributed by atoms with Crippen LogP contribution in [0.3, 0.4) is 0 Å². The van der Waals surface area contributed by atoms with Gasteiger partial charge in [-0.15, -0.1) is 0 Å². The van der Waals surface area contributed by atoms with Gasteiger partial charge in [-0.1, -0.05) is 6.92 Å². The summed E-state index contributed by atoms with van der Waals surface area (Å²) in [5.74, 6) is 0. The molecule has 0 unspecified atom stereocenters. The summed E-state index contributed by atoms with van der Waals surface area (Å²) < 4.78 is 33.8. The Morgan fingerprint density at radius 2 is 2.15 bits per heavy atom. The van der Waals surface area contributed by atoms with Gasteiger partial charge in [-0.2, -0.15) is 4.31 Å². The normalized spacial score (nSPS) is 18.1. The van der Waals surface area contributed by atoms with Gasteiger partial charge in [-0.25, -0.2) is 8.42 Å². The van der Waals surface area contributed by atoms with Crippen LogP contribution in [0, 0.1) is 0 Å². The van der Waals surface area contributed by atoms with Gasteiger partial charge in [0.25, 0.3) is 0 Å². The topological polar surface area (TPSA) is 71.8 Å². The van der Waals surface area contributed by atoms with Crippen LogP contribution in [0.25, 0.3) is 0 Å². The Balaban J connectivity index is 2.28. The average Bonchev–Trinajstić information content (AvgIpc) is 2.66. The molecule has 0 atom stereocenters. The van der Waals surface area contributed by atoms with Crippen molar-refractivity contribution in [3.8, 4) is 0 Å². The van der Waals surface area contributed by atoms with Crippen molar-refractivity contribution >= 4 is 10.0 Å². The molecule has 1 N–H and O–H groups in total. The summed E-state index contributed by atoms with van der Waals surface area (Å²) in [6.07, 6.45) is 3.22. The number of ether oxygens (including phenoxy) is 1. The van der Waals surface area contributed by atoms with E-state index in [9.17, 15) is 13.5 Å². The zero-order valence-electron chi connectivity index (χ0n) is 11.8. The van der Waals surface area contributed by atoms with Crippen molar-refractivity contribution in [2.24, 2.45) is 0 Å². The SMILES string of the molecule is CCCn1cc(S(=O)(=O)N2CCCOCC2)cc1CO. The third-order valence-electron chi connectivity index (χ3n) is 3.41. The van der Waals surface area contributed by atoms with Crippen LogP contribution in [0.1, 0.15) is 25.5 Å². The standard InChI is InChI=1S/C13H22N2O4S/c1-2-4-14-10-13(9-12(14)11-16)20(17,18)15-5-3-7-19-8-6-15/h9-10,16H,2-8,11H2,1H3. The first-order chi connectivity index (χ1) is 9.59. The van der Waals surface area contributed by atoms with E-state index < -0.39 is 10.0 Å². The van der Waals surface area contributed by atoms with Gasteiger partial charge in [-0.05, 0) is 18.9 Å². The number of sulfonamides is 1. The molecule has 2 heterocycles. The molecule has 2 rings (SSSR count). The molecule has 0 radical (unpaired) electrons. The van der Waals surface area contributed by atoms with E-state index in [1.807, 2.05) is 6.92 Å². The monoisotopic (exact) mass is 302 g/mol. The smallest absolute Gasteiger partial charge is 0.244 e. The largest absolute Gasteiger partial charge is 0.390 e. The fourth-order valence-electron chi connectivity index (χ4n) is 2.36. The number of aryl methyl sites for hydroxylation is 1. The van der Waals surface area contributed by atoms with Crippen LogP contribution in [0.2, 0.25) is 0 Å². The number of aliphatic hydroxyl groups excluding tert-OH is 1. The lowest BCUT2D eigenvalue weighted by Gasteiger charge is -2.18. The molecular formula is C13H22N2O4S. The van der Waals surface area contributed by atoms with E-state index in [2.05, 4.69) is 0 Å². The van der Waals surface area contributed by atoms with Crippen molar-refractivity contribution in [3.05, 3.63) is 18.0 Å². The van der Waals surface area contributed by atoms with Crippen molar-refractivity contribution in [1.82, 2.24) is 8.87 Å². The molecule has 20 heavy (non-hydrogen) atoms. The second kappa shape index (κ2) is 6.71. The highest BCUT2D eigenvalue weighted by Crippen LogP contribution is 2.20. The summed E-state index contributed by atoms with van der Waals surface area (Å²) in [5, 5.41) is 9.33. The molecule has 0 bridgehead atoms. The Morgan fingerprint density at radius 1 is 1.35 bits per heavy atom.